The molecule has 0 aliphatic heterocycles. The van der Waals surface area contributed by atoms with Gasteiger partial charge < -0.3 is 0 Å². The van der Waals surface area contributed by atoms with Crippen molar-refractivity contribution in [1.82, 2.24) is 15.2 Å². The van der Waals surface area contributed by atoms with Crippen LogP contribution in [0, 0.1) is 13.8 Å². The number of rotatable bonds is 0. The molecule has 1 N–H and O–H groups in total. The Kier molecular flexibility index (Phi) is 1.57. The average molecular weight is 197 g/mol. The summed E-state index contributed by atoms with van der Waals surface area (Å²) in [5.41, 5.74) is 4.30. The third-order valence-electron chi connectivity index (χ3n) is 2.73. The monoisotopic (exact) mass is 197 g/mol. The molecule has 3 heteroatoms. The fourth-order valence-corrected chi connectivity index (χ4v) is 1.93. The predicted molar refractivity (Wildman–Crippen MR) is 60.9 cm³/mol. The maximum atomic E-state index is 4.39. The Bertz CT molecular complexity index is 652. The lowest BCUT2D eigenvalue weighted by atomic mass is 10.1. The molecule has 0 unspecified atom stereocenters. The number of benzene rings is 1. The zero-order valence-corrected chi connectivity index (χ0v) is 8.70. The predicted octanol–water partition coefficient (Wildman–Crippen LogP) is 2.73. The fourth-order valence-electron chi connectivity index (χ4n) is 1.93. The molecule has 2 aromatic heterocycles. The number of H-pyrrole nitrogens is 1. The van der Waals surface area contributed by atoms with Crippen LogP contribution >= 0.6 is 0 Å². The van der Waals surface area contributed by atoms with Crippen molar-refractivity contribution in [3.8, 4) is 0 Å². The molecule has 3 aromatic rings. The van der Waals surface area contributed by atoms with Gasteiger partial charge in [-0.3, -0.25) is 10.1 Å². The van der Waals surface area contributed by atoms with Crippen LogP contribution in [0.4, 0.5) is 0 Å². The summed E-state index contributed by atoms with van der Waals surface area (Å²) in [6.07, 6.45) is 1.89. The van der Waals surface area contributed by atoms with E-state index in [0.717, 1.165) is 22.1 Å². The smallest absolute Gasteiger partial charge is 0.0747 e. The molecule has 0 aliphatic rings. The van der Waals surface area contributed by atoms with Crippen LogP contribution in [-0.2, 0) is 0 Å². The molecule has 74 valence electrons. The van der Waals surface area contributed by atoms with Crippen molar-refractivity contribution in [3.63, 3.8) is 0 Å². The highest BCUT2D eigenvalue weighted by atomic mass is 15.1. The van der Waals surface area contributed by atoms with Gasteiger partial charge >= 0.3 is 0 Å². The summed E-state index contributed by atoms with van der Waals surface area (Å²) in [5, 5.41) is 9.61. The largest absolute Gasteiger partial charge is 0.277 e. The minimum atomic E-state index is 1.01. The average Bonchev–Trinajstić information content (AvgIpc) is 2.61. The van der Waals surface area contributed by atoms with Crippen LogP contribution in [0.5, 0.6) is 0 Å². The van der Waals surface area contributed by atoms with Gasteiger partial charge in [-0.15, -0.1) is 0 Å². The van der Waals surface area contributed by atoms with Gasteiger partial charge in [0.15, 0.2) is 0 Å². The Labute approximate surface area is 87.1 Å². The standard InChI is InChI=1S/C12H11N3/c1-7-5-10-11(13-6-7)4-3-9-8(2)14-15-12(9)10/h3-6H,1-2H3,(H,14,15). The van der Waals surface area contributed by atoms with Crippen LogP contribution in [0.3, 0.4) is 0 Å². The Balaban J connectivity index is 2.57. The van der Waals surface area contributed by atoms with Crippen LogP contribution in [0.2, 0.25) is 0 Å². The zero-order chi connectivity index (χ0) is 10.4. The summed E-state index contributed by atoms with van der Waals surface area (Å²) in [5.74, 6) is 0. The van der Waals surface area contributed by atoms with Crippen molar-refractivity contribution < 1.29 is 0 Å². The lowest BCUT2D eigenvalue weighted by Crippen LogP contribution is -1.82. The van der Waals surface area contributed by atoms with Crippen LogP contribution in [-0.4, -0.2) is 15.2 Å². The molecule has 0 atom stereocenters. The quantitative estimate of drug-likeness (QED) is 0.602. The van der Waals surface area contributed by atoms with Gasteiger partial charge in [0.05, 0.1) is 16.7 Å². The highest BCUT2D eigenvalue weighted by molar-refractivity contribution is 6.04. The molecule has 15 heavy (non-hydrogen) atoms. The maximum absolute atomic E-state index is 4.39. The van der Waals surface area contributed by atoms with E-state index in [1.54, 1.807) is 0 Å². The van der Waals surface area contributed by atoms with Crippen LogP contribution < -0.4 is 0 Å². The summed E-state index contributed by atoms with van der Waals surface area (Å²) < 4.78 is 0. The van der Waals surface area contributed by atoms with E-state index >= 15 is 0 Å². The molecule has 1 aromatic carbocycles. The Morgan fingerprint density at radius 1 is 1.13 bits per heavy atom. The molecule has 3 nitrogen and oxygen atoms in total. The summed E-state index contributed by atoms with van der Waals surface area (Å²) in [6, 6.07) is 6.25. The summed E-state index contributed by atoms with van der Waals surface area (Å²) in [7, 11) is 0. The molecule has 3 rings (SSSR count). The van der Waals surface area contributed by atoms with Crippen molar-refractivity contribution in [1.29, 1.82) is 0 Å². The van der Waals surface area contributed by atoms with E-state index in [9.17, 15) is 0 Å². The first kappa shape index (κ1) is 8.41. The lowest BCUT2D eigenvalue weighted by Gasteiger charge is -1.99. The van der Waals surface area contributed by atoms with Gasteiger partial charge in [-0.05, 0) is 37.6 Å². The number of aryl methyl sites for hydroxylation is 2. The number of fused-ring (bicyclic) bond motifs is 3. The molecule has 0 amide bonds. The third kappa shape index (κ3) is 1.13. The first-order valence-electron chi connectivity index (χ1n) is 4.96. The Hall–Kier alpha value is -1.90. The highest BCUT2D eigenvalue weighted by Crippen LogP contribution is 2.24. The number of aromatic amines is 1. The molecule has 0 saturated carbocycles. The first-order chi connectivity index (χ1) is 7.25. The highest BCUT2D eigenvalue weighted by Gasteiger charge is 2.05. The zero-order valence-electron chi connectivity index (χ0n) is 8.70. The van der Waals surface area contributed by atoms with Crippen LogP contribution in [0.25, 0.3) is 21.8 Å². The topological polar surface area (TPSA) is 41.6 Å². The molecule has 2 heterocycles. The SMILES string of the molecule is Cc1cnc2ccc3c(C)n[nH]c3c2c1. The van der Waals surface area contributed by atoms with Crippen molar-refractivity contribution in [3.05, 3.63) is 35.7 Å². The Morgan fingerprint density at radius 3 is 2.87 bits per heavy atom. The normalized spacial score (nSPS) is 11.3. The second-order valence-electron chi connectivity index (χ2n) is 3.88. The van der Waals surface area contributed by atoms with E-state index in [1.165, 1.54) is 10.9 Å². The molecule has 0 fully saturated rings. The summed E-state index contributed by atoms with van der Waals surface area (Å²) in [4.78, 5) is 4.39. The van der Waals surface area contributed by atoms with Gasteiger partial charge in [0.2, 0.25) is 0 Å². The van der Waals surface area contributed by atoms with Crippen molar-refractivity contribution in [2.45, 2.75) is 13.8 Å². The van der Waals surface area contributed by atoms with E-state index in [4.69, 9.17) is 0 Å². The number of nitrogens with zero attached hydrogens (tertiary/aromatic N) is 2. The van der Waals surface area contributed by atoms with Gasteiger partial charge in [0, 0.05) is 17.0 Å². The lowest BCUT2D eigenvalue weighted by molar-refractivity contribution is 1.07. The minimum Gasteiger partial charge on any atom is -0.277 e. The van der Waals surface area contributed by atoms with Crippen LogP contribution in [0.15, 0.2) is 24.4 Å². The van der Waals surface area contributed by atoms with Crippen molar-refractivity contribution in [2.75, 3.05) is 0 Å². The van der Waals surface area contributed by atoms with E-state index in [2.05, 4.69) is 34.2 Å². The van der Waals surface area contributed by atoms with Crippen molar-refractivity contribution in [2.24, 2.45) is 0 Å². The maximum Gasteiger partial charge on any atom is 0.0747 e. The van der Waals surface area contributed by atoms with Crippen molar-refractivity contribution >= 4 is 21.8 Å². The van der Waals surface area contributed by atoms with Crippen LogP contribution in [0.1, 0.15) is 11.3 Å². The van der Waals surface area contributed by atoms with E-state index in [-0.39, 0.29) is 0 Å². The number of hydrogen-bond donors (Lipinski definition) is 1. The number of hydrogen-bond acceptors (Lipinski definition) is 2. The molecule has 0 bridgehead atoms. The fraction of sp³-hybridized carbons (Fsp3) is 0.167. The molecule has 0 aliphatic carbocycles. The summed E-state index contributed by atoms with van der Waals surface area (Å²) in [6.45, 7) is 4.06. The minimum absolute atomic E-state index is 1.01. The number of pyridine rings is 1. The summed E-state index contributed by atoms with van der Waals surface area (Å²) >= 11 is 0. The second kappa shape index (κ2) is 2.79. The van der Waals surface area contributed by atoms with Gasteiger partial charge in [0.1, 0.15) is 0 Å². The second-order valence-corrected chi connectivity index (χ2v) is 3.88. The van der Waals surface area contributed by atoms with Gasteiger partial charge in [0.25, 0.3) is 0 Å². The first-order valence-corrected chi connectivity index (χ1v) is 4.96. The third-order valence-corrected chi connectivity index (χ3v) is 2.73. The Morgan fingerprint density at radius 2 is 2.00 bits per heavy atom. The van der Waals surface area contributed by atoms with Gasteiger partial charge in [-0.25, -0.2) is 0 Å². The molecular formula is C12H11N3. The molecule has 0 spiro atoms. The number of nitrogens with one attached hydrogen (secondary N) is 1. The molecule has 0 radical (unpaired) electrons. The van der Waals surface area contributed by atoms with Gasteiger partial charge in [-0.2, -0.15) is 5.10 Å². The van der Waals surface area contributed by atoms with E-state index in [1.807, 2.05) is 19.2 Å². The molecule has 0 saturated heterocycles. The number of aromatic nitrogens is 3. The van der Waals surface area contributed by atoms with E-state index in [0.29, 0.717) is 0 Å². The van der Waals surface area contributed by atoms with E-state index < -0.39 is 0 Å². The molecular weight excluding hydrogens is 186 g/mol. The van der Waals surface area contributed by atoms with Gasteiger partial charge in [-0.1, -0.05) is 0 Å².